The average Bonchev–Trinajstić information content (AvgIpc) is 2.72. The highest BCUT2D eigenvalue weighted by Crippen LogP contribution is 2.45. The third-order valence-electron chi connectivity index (χ3n) is 5.49. The van der Waals surface area contributed by atoms with Crippen LogP contribution in [0.25, 0.3) is 11.1 Å². The zero-order valence-corrected chi connectivity index (χ0v) is 19.6. The van der Waals surface area contributed by atoms with Crippen LogP contribution in [-0.4, -0.2) is 5.11 Å². The second-order valence-corrected chi connectivity index (χ2v) is 9.55. The first-order chi connectivity index (χ1) is 14.7. The maximum Gasteiger partial charge on any atom is 0.130 e. The second-order valence-electron chi connectivity index (χ2n) is 8.50. The van der Waals surface area contributed by atoms with E-state index in [2.05, 4.69) is 0 Å². The van der Waals surface area contributed by atoms with Crippen molar-refractivity contribution in [2.24, 2.45) is 0 Å². The lowest BCUT2D eigenvalue weighted by Gasteiger charge is -2.28. The molecule has 0 saturated heterocycles. The fourth-order valence-corrected chi connectivity index (χ4v) is 5.14. The van der Waals surface area contributed by atoms with Crippen molar-refractivity contribution in [1.29, 1.82) is 0 Å². The Morgan fingerprint density at radius 2 is 1.35 bits per heavy atom. The standard InChI is InChI=1S/C27H30F2OS/c1-16(2)23-22(15-31-21-13-11-20(28)12-14-21)26(19-9-7-6-8-10-19)25(18(5)30)24(17(3)4)27(23)29/h6-14,16-18,30H,15H2,1-5H3. The molecule has 31 heavy (non-hydrogen) atoms. The maximum atomic E-state index is 16.0. The molecule has 0 radical (unpaired) electrons. The van der Waals surface area contributed by atoms with Gasteiger partial charge in [-0.3, -0.25) is 0 Å². The zero-order valence-electron chi connectivity index (χ0n) is 18.7. The molecule has 1 atom stereocenters. The fraction of sp³-hybridized carbons (Fsp3) is 0.333. The van der Waals surface area contributed by atoms with E-state index in [4.69, 9.17) is 0 Å². The van der Waals surface area contributed by atoms with Crippen LogP contribution in [0.1, 0.15) is 74.8 Å². The van der Waals surface area contributed by atoms with Crippen molar-refractivity contribution in [2.45, 2.75) is 63.2 Å². The van der Waals surface area contributed by atoms with Crippen LogP contribution in [0.3, 0.4) is 0 Å². The van der Waals surface area contributed by atoms with E-state index in [-0.39, 0.29) is 23.5 Å². The van der Waals surface area contributed by atoms with Gasteiger partial charge in [-0.25, -0.2) is 8.78 Å². The lowest BCUT2D eigenvalue weighted by Crippen LogP contribution is -2.14. The van der Waals surface area contributed by atoms with Crippen molar-refractivity contribution in [2.75, 3.05) is 0 Å². The van der Waals surface area contributed by atoms with E-state index in [1.807, 2.05) is 58.0 Å². The zero-order chi connectivity index (χ0) is 22.7. The third kappa shape index (κ3) is 5.02. The molecule has 1 N–H and O–H groups in total. The van der Waals surface area contributed by atoms with Crippen LogP contribution in [0.15, 0.2) is 59.5 Å². The Morgan fingerprint density at radius 1 is 0.774 bits per heavy atom. The van der Waals surface area contributed by atoms with Gasteiger partial charge in [0.05, 0.1) is 6.10 Å². The van der Waals surface area contributed by atoms with Crippen LogP contribution >= 0.6 is 11.8 Å². The summed E-state index contributed by atoms with van der Waals surface area (Å²) in [5.74, 6) is -0.0512. The molecule has 0 heterocycles. The molecule has 1 nitrogen and oxygen atoms in total. The molecule has 164 valence electrons. The van der Waals surface area contributed by atoms with Gasteiger partial charge in [0.15, 0.2) is 0 Å². The van der Waals surface area contributed by atoms with Crippen LogP contribution in [0.5, 0.6) is 0 Å². The number of halogens is 2. The topological polar surface area (TPSA) is 20.2 Å². The maximum absolute atomic E-state index is 16.0. The summed E-state index contributed by atoms with van der Waals surface area (Å²) >= 11 is 1.55. The van der Waals surface area contributed by atoms with Gasteiger partial charge in [-0.1, -0.05) is 58.0 Å². The Morgan fingerprint density at radius 3 is 1.87 bits per heavy atom. The van der Waals surface area contributed by atoms with Gasteiger partial charge in [0, 0.05) is 10.6 Å². The molecule has 0 spiro atoms. The molecule has 0 aromatic heterocycles. The first-order valence-corrected chi connectivity index (χ1v) is 11.7. The van der Waals surface area contributed by atoms with Crippen LogP contribution in [0.2, 0.25) is 0 Å². The van der Waals surface area contributed by atoms with E-state index in [1.54, 1.807) is 30.8 Å². The molecular formula is C27H30F2OS. The molecule has 3 rings (SSSR count). The smallest absolute Gasteiger partial charge is 0.130 e. The van der Waals surface area contributed by atoms with Crippen molar-refractivity contribution >= 4 is 11.8 Å². The molecule has 4 heteroatoms. The predicted octanol–water partition coefficient (Wildman–Crippen LogP) is 8.22. The van der Waals surface area contributed by atoms with Gasteiger partial charge in [-0.15, -0.1) is 11.8 Å². The number of thioether (sulfide) groups is 1. The quantitative estimate of drug-likeness (QED) is 0.373. The van der Waals surface area contributed by atoms with Gasteiger partial charge in [0.2, 0.25) is 0 Å². The average molecular weight is 441 g/mol. The Hall–Kier alpha value is -2.17. The molecule has 1 unspecified atom stereocenters. The summed E-state index contributed by atoms with van der Waals surface area (Å²) in [4.78, 5) is 0.919. The number of hydrogen-bond donors (Lipinski definition) is 1. The molecule has 0 amide bonds. The number of aliphatic hydroxyl groups excluding tert-OH is 1. The summed E-state index contributed by atoms with van der Waals surface area (Å²) in [6.07, 6.45) is -0.808. The Labute approximate surface area is 188 Å². The highest BCUT2D eigenvalue weighted by atomic mass is 32.2. The second kappa shape index (κ2) is 9.97. The molecule has 0 bridgehead atoms. The molecule has 0 aliphatic rings. The first kappa shape index (κ1) is 23.5. The summed E-state index contributed by atoms with van der Waals surface area (Å²) in [5.41, 5.74) is 4.73. The molecule has 0 aliphatic heterocycles. The molecular weight excluding hydrogens is 410 g/mol. The summed E-state index contributed by atoms with van der Waals surface area (Å²) in [6.45, 7) is 9.65. The monoisotopic (exact) mass is 440 g/mol. The number of rotatable bonds is 7. The van der Waals surface area contributed by atoms with E-state index in [9.17, 15) is 9.50 Å². The van der Waals surface area contributed by atoms with E-state index in [1.165, 1.54) is 12.1 Å². The van der Waals surface area contributed by atoms with Gasteiger partial charge in [-0.05, 0) is 76.4 Å². The van der Waals surface area contributed by atoms with Crippen molar-refractivity contribution in [1.82, 2.24) is 0 Å². The van der Waals surface area contributed by atoms with Gasteiger partial charge in [-0.2, -0.15) is 0 Å². The summed E-state index contributed by atoms with van der Waals surface area (Å²) in [6, 6.07) is 16.3. The van der Waals surface area contributed by atoms with Crippen molar-refractivity contribution in [3.8, 4) is 11.1 Å². The number of aliphatic hydroxyl groups is 1. The predicted molar refractivity (Wildman–Crippen MR) is 127 cm³/mol. The van der Waals surface area contributed by atoms with E-state index in [0.717, 1.165) is 21.6 Å². The highest BCUT2D eigenvalue weighted by molar-refractivity contribution is 7.98. The van der Waals surface area contributed by atoms with E-state index >= 15 is 4.39 Å². The van der Waals surface area contributed by atoms with Crippen LogP contribution in [0, 0.1) is 11.6 Å². The van der Waals surface area contributed by atoms with E-state index < -0.39 is 6.10 Å². The minimum atomic E-state index is -0.808. The van der Waals surface area contributed by atoms with Crippen molar-refractivity contribution in [3.05, 3.63) is 88.5 Å². The van der Waals surface area contributed by atoms with E-state index in [0.29, 0.717) is 22.4 Å². The summed E-state index contributed by atoms with van der Waals surface area (Å²) in [7, 11) is 0. The van der Waals surface area contributed by atoms with Gasteiger partial charge in [0.25, 0.3) is 0 Å². The molecule has 3 aromatic rings. The van der Waals surface area contributed by atoms with Crippen molar-refractivity contribution < 1.29 is 13.9 Å². The molecule has 0 aliphatic carbocycles. The lowest BCUT2D eigenvalue weighted by molar-refractivity contribution is 0.197. The Bertz CT molecular complexity index is 1030. The SMILES string of the molecule is CC(C)c1c(F)c(C(C)C)c(C(C)O)c(-c2ccccc2)c1CSc1ccc(F)cc1. The normalized spacial score (nSPS) is 12.6. The van der Waals surface area contributed by atoms with Crippen LogP contribution < -0.4 is 0 Å². The highest BCUT2D eigenvalue weighted by Gasteiger charge is 2.29. The number of benzene rings is 3. The van der Waals surface area contributed by atoms with Crippen LogP contribution in [-0.2, 0) is 5.75 Å². The van der Waals surface area contributed by atoms with Gasteiger partial charge >= 0.3 is 0 Å². The Kier molecular flexibility index (Phi) is 7.55. The van der Waals surface area contributed by atoms with Gasteiger partial charge in [0.1, 0.15) is 11.6 Å². The molecule has 0 saturated carbocycles. The lowest BCUT2D eigenvalue weighted by atomic mass is 9.79. The fourth-order valence-electron chi connectivity index (χ4n) is 4.20. The number of hydrogen-bond acceptors (Lipinski definition) is 2. The Balaban J connectivity index is 2.30. The minimum Gasteiger partial charge on any atom is -0.389 e. The molecule has 3 aromatic carbocycles. The summed E-state index contributed by atoms with van der Waals surface area (Å²) < 4.78 is 29.3. The first-order valence-electron chi connectivity index (χ1n) is 10.7. The minimum absolute atomic E-state index is 0.0215. The molecule has 0 fully saturated rings. The van der Waals surface area contributed by atoms with Gasteiger partial charge < -0.3 is 5.11 Å². The summed E-state index contributed by atoms with van der Waals surface area (Å²) in [5, 5.41) is 10.8. The third-order valence-corrected chi connectivity index (χ3v) is 6.53. The van der Waals surface area contributed by atoms with Crippen molar-refractivity contribution in [3.63, 3.8) is 0 Å². The largest absolute Gasteiger partial charge is 0.389 e. The van der Waals surface area contributed by atoms with Crippen LogP contribution in [0.4, 0.5) is 8.78 Å².